The molecule has 2 N–H and O–H groups in total. The van der Waals surface area contributed by atoms with Gasteiger partial charge in [0.05, 0.1) is 22.3 Å². The van der Waals surface area contributed by atoms with E-state index in [4.69, 9.17) is 15.0 Å². The van der Waals surface area contributed by atoms with Crippen LogP contribution in [0.3, 0.4) is 0 Å². The molecule has 1 amide bonds. The van der Waals surface area contributed by atoms with Gasteiger partial charge in [0.25, 0.3) is 5.96 Å². The van der Waals surface area contributed by atoms with Crippen molar-refractivity contribution in [3.63, 3.8) is 0 Å². The van der Waals surface area contributed by atoms with Gasteiger partial charge in [-0.15, -0.1) is 10.2 Å². The number of likely N-dealkylation sites (tertiary alicyclic amines) is 1. The number of piperidine rings is 1. The first-order valence-electron chi connectivity index (χ1n) is 14.4. The van der Waals surface area contributed by atoms with E-state index in [1.807, 2.05) is 0 Å². The normalized spacial score (nSPS) is 16.0. The third kappa shape index (κ3) is 9.50. The molecule has 0 bridgehead atoms. The zero-order valence-electron chi connectivity index (χ0n) is 26.6. The highest BCUT2D eigenvalue weighted by Crippen LogP contribution is 2.42. The van der Waals surface area contributed by atoms with Crippen LogP contribution in [-0.4, -0.2) is 54.7 Å². The summed E-state index contributed by atoms with van der Waals surface area (Å²) in [5.74, 6) is -0.543. The molecule has 18 heteroatoms. The number of carbonyl (C=O) groups is 1. The number of benzene rings is 2. The number of hydrazone groups is 1. The lowest BCUT2D eigenvalue weighted by atomic mass is 9.81. The van der Waals surface area contributed by atoms with Crippen LogP contribution >= 0.6 is 0 Å². The molecule has 0 aromatic heterocycles. The minimum Gasteiger partial charge on any atom is -0.444 e. The summed E-state index contributed by atoms with van der Waals surface area (Å²) in [5.41, 5.74) is 3.21. The van der Waals surface area contributed by atoms with Gasteiger partial charge >= 0.3 is 24.6 Å². The van der Waals surface area contributed by atoms with E-state index in [0.717, 1.165) is 17.0 Å². The standard InChI is InChI=1S/C30H35F9N6O3/c1-26(2,3)48-25(46)44-10-8-27(47-5,9-11-44)23-7-6-20(28(31,32)33)14-19(23)17-45(24(42-40)43-41-4)16-18-12-21(29(34,35)36)15-22(13-18)30(37,38)39/h6-7,12-15,40-41H,8-11,16-17H2,1-5H3/b42-40?,43-24+. The molecule has 1 heterocycles. The third-order valence-electron chi connectivity index (χ3n) is 7.51. The molecule has 2 aromatic carbocycles. The number of guanidine groups is 1. The predicted octanol–water partition coefficient (Wildman–Crippen LogP) is 8.14. The minimum atomic E-state index is -5.16. The van der Waals surface area contributed by atoms with Gasteiger partial charge in [-0.3, -0.25) is 0 Å². The number of nitrogens with one attached hydrogen (secondary N) is 2. The van der Waals surface area contributed by atoms with Crippen molar-refractivity contribution in [2.75, 3.05) is 27.2 Å². The molecule has 1 fully saturated rings. The van der Waals surface area contributed by atoms with E-state index < -0.39 is 77.1 Å². The molecule has 1 saturated heterocycles. The lowest BCUT2D eigenvalue weighted by Crippen LogP contribution is -2.48. The van der Waals surface area contributed by atoms with Crippen molar-refractivity contribution in [3.8, 4) is 0 Å². The Kier molecular flexibility index (Phi) is 11.3. The largest absolute Gasteiger partial charge is 0.444 e. The Morgan fingerprint density at radius 3 is 1.88 bits per heavy atom. The molecule has 9 nitrogen and oxygen atoms in total. The zero-order valence-corrected chi connectivity index (χ0v) is 26.6. The maximum atomic E-state index is 13.9. The SMILES string of the molecule is CN/N=C(\N=N)N(Cc1cc(C(F)(F)F)cc(C(F)(F)F)c1)Cc1cc(C(F)(F)F)ccc1C1(OC)CCN(C(=O)OC(C)(C)C)CC1. The van der Waals surface area contributed by atoms with E-state index in [-0.39, 0.29) is 43.1 Å². The topological polar surface area (TPSA) is 103 Å². The van der Waals surface area contributed by atoms with Crippen LogP contribution < -0.4 is 5.43 Å². The van der Waals surface area contributed by atoms with Gasteiger partial charge in [-0.05, 0) is 80.6 Å². The van der Waals surface area contributed by atoms with Crippen LogP contribution in [0.1, 0.15) is 67.0 Å². The van der Waals surface area contributed by atoms with E-state index in [2.05, 4.69) is 15.6 Å². The summed E-state index contributed by atoms with van der Waals surface area (Å²) < 4.78 is 135. The van der Waals surface area contributed by atoms with Gasteiger partial charge < -0.3 is 24.7 Å². The molecule has 2 aromatic rings. The number of alkyl halides is 9. The number of halogens is 9. The van der Waals surface area contributed by atoms with Crippen molar-refractivity contribution in [3.05, 3.63) is 69.8 Å². The molecule has 266 valence electrons. The number of nitrogens with zero attached hydrogens (tertiary/aromatic N) is 4. The van der Waals surface area contributed by atoms with E-state index in [1.165, 1.54) is 25.1 Å². The highest BCUT2D eigenvalue weighted by molar-refractivity contribution is 5.80. The molecule has 1 aliphatic rings. The van der Waals surface area contributed by atoms with Crippen molar-refractivity contribution in [2.45, 2.75) is 76.4 Å². The highest BCUT2D eigenvalue weighted by atomic mass is 19.4. The maximum Gasteiger partial charge on any atom is 0.416 e. The summed E-state index contributed by atoms with van der Waals surface area (Å²) in [4.78, 5) is 15.1. The first-order chi connectivity index (χ1) is 22.0. The second kappa shape index (κ2) is 14.2. The molecule has 0 spiro atoms. The molecular weight excluding hydrogens is 663 g/mol. The summed E-state index contributed by atoms with van der Waals surface area (Å²) in [7, 11) is 2.61. The van der Waals surface area contributed by atoms with Crippen LogP contribution in [0.15, 0.2) is 46.6 Å². The van der Waals surface area contributed by atoms with E-state index in [9.17, 15) is 44.3 Å². The molecule has 0 atom stereocenters. The summed E-state index contributed by atoms with van der Waals surface area (Å²) in [5, 5.41) is 7.00. The number of ether oxygens (including phenoxy) is 2. The van der Waals surface area contributed by atoms with Crippen LogP contribution in [0, 0.1) is 5.53 Å². The fourth-order valence-corrected chi connectivity index (χ4v) is 5.31. The van der Waals surface area contributed by atoms with Crippen LogP contribution in [-0.2, 0) is 46.7 Å². The van der Waals surface area contributed by atoms with Crippen molar-refractivity contribution >= 4 is 12.1 Å². The van der Waals surface area contributed by atoms with Gasteiger partial charge in [0.15, 0.2) is 0 Å². The average Bonchev–Trinajstić information content (AvgIpc) is 2.97. The molecule has 0 aliphatic carbocycles. The van der Waals surface area contributed by atoms with Crippen LogP contribution in [0.2, 0.25) is 0 Å². The maximum absolute atomic E-state index is 13.9. The van der Waals surface area contributed by atoms with Crippen molar-refractivity contribution in [2.24, 2.45) is 10.2 Å². The second-order valence-corrected chi connectivity index (χ2v) is 12.1. The first kappa shape index (κ1) is 38.4. The van der Waals surface area contributed by atoms with Gasteiger partial charge in [0.2, 0.25) is 0 Å². The lowest BCUT2D eigenvalue weighted by Gasteiger charge is -2.42. The smallest absolute Gasteiger partial charge is 0.416 e. The van der Waals surface area contributed by atoms with Gasteiger partial charge in [-0.1, -0.05) is 6.07 Å². The molecule has 0 radical (unpaired) electrons. The predicted molar refractivity (Wildman–Crippen MR) is 155 cm³/mol. The highest BCUT2D eigenvalue weighted by Gasteiger charge is 2.42. The Labute approximate surface area is 270 Å². The Balaban J connectivity index is 2.14. The molecule has 48 heavy (non-hydrogen) atoms. The summed E-state index contributed by atoms with van der Waals surface area (Å²) in [6, 6.07) is 3.68. The zero-order chi connectivity index (χ0) is 36.3. The van der Waals surface area contributed by atoms with Gasteiger partial charge in [-0.2, -0.15) is 39.5 Å². The quantitative estimate of drug-likeness (QED) is 0.1000. The van der Waals surface area contributed by atoms with Crippen LogP contribution in [0.25, 0.3) is 0 Å². The van der Waals surface area contributed by atoms with E-state index >= 15 is 0 Å². The summed E-state index contributed by atoms with van der Waals surface area (Å²) in [6.45, 7) is 3.88. The minimum absolute atomic E-state index is 0.0534. The number of amides is 1. The van der Waals surface area contributed by atoms with Gasteiger partial charge in [0.1, 0.15) is 5.60 Å². The monoisotopic (exact) mass is 698 g/mol. The van der Waals surface area contributed by atoms with Crippen molar-refractivity contribution in [1.29, 1.82) is 5.53 Å². The van der Waals surface area contributed by atoms with E-state index in [0.29, 0.717) is 12.1 Å². The van der Waals surface area contributed by atoms with Crippen molar-refractivity contribution in [1.82, 2.24) is 15.2 Å². The Hall–Kier alpha value is -4.09. The fraction of sp³-hybridized carbons (Fsp3) is 0.533. The lowest BCUT2D eigenvalue weighted by molar-refractivity contribution is -0.143. The third-order valence-corrected chi connectivity index (χ3v) is 7.51. The Bertz CT molecular complexity index is 1460. The second-order valence-electron chi connectivity index (χ2n) is 12.1. The van der Waals surface area contributed by atoms with Gasteiger partial charge in [0, 0.05) is 40.3 Å². The molecule has 3 rings (SSSR count). The number of rotatable bonds is 7. The molecule has 0 saturated carbocycles. The fourth-order valence-electron chi connectivity index (χ4n) is 5.31. The molecule has 1 aliphatic heterocycles. The van der Waals surface area contributed by atoms with Crippen LogP contribution in [0.5, 0.6) is 0 Å². The van der Waals surface area contributed by atoms with Gasteiger partial charge in [-0.25, -0.2) is 10.3 Å². The van der Waals surface area contributed by atoms with E-state index in [1.54, 1.807) is 20.8 Å². The van der Waals surface area contributed by atoms with Crippen molar-refractivity contribution < 1.29 is 53.8 Å². The summed E-state index contributed by atoms with van der Waals surface area (Å²) in [6.07, 6.45) is -15.5. The average molecular weight is 699 g/mol. The van der Waals surface area contributed by atoms with Crippen LogP contribution in [0.4, 0.5) is 44.3 Å². The number of hydrogen-bond acceptors (Lipinski definition) is 6. The molecule has 0 unspecified atom stereocenters. The Morgan fingerprint density at radius 2 is 1.44 bits per heavy atom. The first-order valence-corrected chi connectivity index (χ1v) is 14.4. The Morgan fingerprint density at radius 1 is 0.896 bits per heavy atom. The number of methoxy groups -OCH3 is 1. The number of hydrogen-bond donors (Lipinski definition) is 2. The number of carbonyl (C=O) groups excluding carboxylic acids is 1. The molecular formula is C30H35F9N6O3. The summed E-state index contributed by atoms with van der Waals surface area (Å²) >= 11 is 0.